The van der Waals surface area contributed by atoms with Crippen LogP contribution in [0.2, 0.25) is 0 Å². The van der Waals surface area contributed by atoms with Gasteiger partial charge in [0.2, 0.25) is 0 Å². The molecule has 0 saturated carbocycles. The lowest BCUT2D eigenvalue weighted by atomic mass is 9.96. The van der Waals surface area contributed by atoms with Crippen molar-refractivity contribution >= 4 is 12.1 Å². The maximum absolute atomic E-state index is 11.6. The van der Waals surface area contributed by atoms with Gasteiger partial charge in [-0.3, -0.25) is 9.69 Å². The molecule has 1 atom stereocenters. The minimum absolute atomic E-state index is 0.131. The fourth-order valence-electron chi connectivity index (χ4n) is 1.90. The van der Waals surface area contributed by atoms with Gasteiger partial charge in [-0.15, -0.1) is 0 Å². The number of hydrogen-bond donors (Lipinski definition) is 2. The minimum Gasteiger partial charge on any atom is -0.481 e. The van der Waals surface area contributed by atoms with Gasteiger partial charge in [-0.25, -0.2) is 4.79 Å². The number of hydrogen-bond acceptors (Lipinski definition) is 4. The van der Waals surface area contributed by atoms with Crippen molar-refractivity contribution in [2.24, 2.45) is 0 Å². The molecule has 1 heterocycles. The molecule has 0 radical (unpaired) electrons. The van der Waals surface area contributed by atoms with Gasteiger partial charge in [0, 0.05) is 13.0 Å². The molecular formula is C12H21NO5. The summed E-state index contributed by atoms with van der Waals surface area (Å²) in [5, 5.41) is 18.8. The van der Waals surface area contributed by atoms with Crippen LogP contribution in [0.1, 0.15) is 46.5 Å². The molecule has 104 valence electrons. The highest BCUT2D eigenvalue weighted by Gasteiger charge is 2.56. The predicted molar refractivity (Wildman–Crippen MR) is 64.0 cm³/mol. The van der Waals surface area contributed by atoms with Gasteiger partial charge in [0.1, 0.15) is 0 Å². The van der Waals surface area contributed by atoms with Gasteiger partial charge in [0.25, 0.3) is 0 Å². The molecule has 1 saturated heterocycles. The van der Waals surface area contributed by atoms with E-state index < -0.39 is 23.4 Å². The van der Waals surface area contributed by atoms with E-state index in [9.17, 15) is 14.7 Å². The molecule has 0 aromatic heterocycles. The van der Waals surface area contributed by atoms with Gasteiger partial charge >= 0.3 is 12.1 Å². The summed E-state index contributed by atoms with van der Waals surface area (Å²) >= 11 is 0. The Balaban J connectivity index is 2.42. The number of carbonyl (C=O) groups excluding carboxylic acids is 1. The molecule has 0 aliphatic carbocycles. The minimum atomic E-state index is -1.34. The maximum Gasteiger partial charge on any atom is 0.412 e. The van der Waals surface area contributed by atoms with E-state index in [0.717, 1.165) is 0 Å². The lowest BCUT2D eigenvalue weighted by molar-refractivity contribution is -0.137. The second-order valence-electron chi connectivity index (χ2n) is 5.26. The Hall–Kier alpha value is -1.30. The Bertz CT molecular complexity index is 337. The largest absolute Gasteiger partial charge is 0.481 e. The van der Waals surface area contributed by atoms with Crippen LogP contribution in [0, 0.1) is 0 Å². The molecule has 6 nitrogen and oxygen atoms in total. The summed E-state index contributed by atoms with van der Waals surface area (Å²) in [6, 6.07) is 0. The molecule has 18 heavy (non-hydrogen) atoms. The van der Waals surface area contributed by atoms with Crippen LogP contribution in [0.5, 0.6) is 0 Å². The van der Waals surface area contributed by atoms with Gasteiger partial charge in [0.05, 0.1) is 0 Å². The number of aliphatic carboxylic acids is 1. The van der Waals surface area contributed by atoms with Crippen LogP contribution >= 0.6 is 0 Å². The zero-order valence-corrected chi connectivity index (χ0v) is 11.1. The van der Waals surface area contributed by atoms with Gasteiger partial charge in [-0.1, -0.05) is 6.42 Å². The van der Waals surface area contributed by atoms with E-state index in [2.05, 4.69) is 0 Å². The Morgan fingerprint density at radius 1 is 1.28 bits per heavy atom. The second-order valence-corrected chi connectivity index (χ2v) is 5.26. The van der Waals surface area contributed by atoms with Gasteiger partial charge in [0.15, 0.2) is 11.3 Å². The first-order valence-corrected chi connectivity index (χ1v) is 6.13. The summed E-state index contributed by atoms with van der Waals surface area (Å²) < 4.78 is 5.11. The number of carboxylic acids is 1. The van der Waals surface area contributed by atoms with E-state index in [1.807, 2.05) is 0 Å². The number of carbonyl (C=O) groups is 2. The van der Waals surface area contributed by atoms with Gasteiger partial charge < -0.3 is 14.9 Å². The summed E-state index contributed by atoms with van der Waals surface area (Å²) in [6.07, 6.45) is 1.53. The monoisotopic (exact) mass is 259 g/mol. The smallest absolute Gasteiger partial charge is 0.412 e. The summed E-state index contributed by atoms with van der Waals surface area (Å²) in [5.74, 6) is -0.816. The molecule has 0 aromatic rings. The predicted octanol–water partition coefficient (Wildman–Crippen LogP) is 1.57. The van der Waals surface area contributed by atoms with Crippen LogP contribution in [0.4, 0.5) is 4.79 Å². The number of carboxylic acid groups (broad SMARTS) is 1. The summed E-state index contributed by atoms with van der Waals surface area (Å²) in [4.78, 5) is 23.3. The summed E-state index contributed by atoms with van der Waals surface area (Å²) in [7, 11) is 0. The highest BCUT2D eigenvalue weighted by atomic mass is 16.6. The van der Waals surface area contributed by atoms with Crippen molar-refractivity contribution in [3.05, 3.63) is 0 Å². The van der Waals surface area contributed by atoms with E-state index in [0.29, 0.717) is 25.8 Å². The van der Waals surface area contributed by atoms with Gasteiger partial charge in [-0.2, -0.15) is 0 Å². The third-order valence-electron chi connectivity index (χ3n) is 3.50. The number of rotatable bonds is 6. The second kappa shape index (κ2) is 5.14. The molecular weight excluding hydrogens is 238 g/mol. The van der Waals surface area contributed by atoms with Crippen molar-refractivity contribution in [1.82, 2.24) is 4.90 Å². The number of amides is 1. The van der Waals surface area contributed by atoms with E-state index in [1.54, 1.807) is 20.8 Å². The molecule has 1 unspecified atom stereocenters. The molecule has 1 amide bonds. The van der Waals surface area contributed by atoms with Crippen molar-refractivity contribution in [2.75, 3.05) is 6.54 Å². The number of ether oxygens (including phenoxy) is 1. The lowest BCUT2D eigenvalue weighted by Gasteiger charge is -2.34. The van der Waals surface area contributed by atoms with Crippen LogP contribution < -0.4 is 0 Å². The zero-order chi connectivity index (χ0) is 14.0. The van der Waals surface area contributed by atoms with Crippen molar-refractivity contribution < 1.29 is 24.5 Å². The Morgan fingerprint density at radius 3 is 2.33 bits per heavy atom. The molecule has 1 aliphatic heterocycles. The Morgan fingerprint density at radius 2 is 1.89 bits per heavy atom. The van der Waals surface area contributed by atoms with Crippen molar-refractivity contribution in [3.8, 4) is 0 Å². The van der Waals surface area contributed by atoms with Crippen LogP contribution in [0.15, 0.2) is 0 Å². The fraction of sp³-hybridized carbons (Fsp3) is 0.833. The van der Waals surface area contributed by atoms with Crippen LogP contribution in [0.3, 0.4) is 0 Å². The van der Waals surface area contributed by atoms with E-state index in [4.69, 9.17) is 9.84 Å². The highest BCUT2D eigenvalue weighted by Crippen LogP contribution is 2.36. The molecule has 0 spiro atoms. The first-order valence-electron chi connectivity index (χ1n) is 6.13. The fourth-order valence-corrected chi connectivity index (χ4v) is 1.90. The Labute approximate surface area is 107 Å². The lowest BCUT2D eigenvalue weighted by Crippen LogP contribution is -2.53. The van der Waals surface area contributed by atoms with E-state index >= 15 is 0 Å². The summed E-state index contributed by atoms with van der Waals surface area (Å²) in [6.45, 7) is 5.24. The third-order valence-corrected chi connectivity index (χ3v) is 3.50. The molecule has 2 N–H and O–H groups in total. The van der Waals surface area contributed by atoms with E-state index in [-0.39, 0.29) is 6.42 Å². The molecule has 1 rings (SSSR count). The highest BCUT2D eigenvalue weighted by molar-refractivity contribution is 5.72. The average Bonchev–Trinajstić information content (AvgIpc) is 2.34. The first kappa shape index (κ1) is 14.8. The average molecular weight is 259 g/mol. The van der Waals surface area contributed by atoms with Crippen LogP contribution in [-0.4, -0.2) is 45.0 Å². The zero-order valence-electron chi connectivity index (χ0n) is 11.1. The SMILES string of the molecule is CC1(C)OC(=O)N(CCCCCC(=O)O)C1(C)O. The third kappa shape index (κ3) is 2.93. The van der Waals surface area contributed by atoms with Crippen molar-refractivity contribution in [3.63, 3.8) is 0 Å². The van der Waals surface area contributed by atoms with Crippen LogP contribution in [0.25, 0.3) is 0 Å². The number of unbranched alkanes of at least 4 members (excludes halogenated alkanes) is 2. The number of aliphatic hydroxyl groups is 1. The standard InChI is InChI=1S/C12H21NO5/c1-11(2)12(3,17)13(10(16)18-11)8-6-4-5-7-9(14)15/h17H,4-8H2,1-3H3,(H,14,15). The van der Waals surface area contributed by atoms with Crippen LogP contribution in [-0.2, 0) is 9.53 Å². The summed E-state index contributed by atoms with van der Waals surface area (Å²) in [5.41, 5.74) is -2.28. The maximum atomic E-state index is 11.6. The van der Waals surface area contributed by atoms with Crippen molar-refractivity contribution in [1.29, 1.82) is 0 Å². The quantitative estimate of drug-likeness (QED) is 0.707. The van der Waals surface area contributed by atoms with Gasteiger partial charge in [-0.05, 0) is 33.6 Å². The number of nitrogens with zero attached hydrogens (tertiary/aromatic N) is 1. The molecule has 1 fully saturated rings. The van der Waals surface area contributed by atoms with Crippen molar-refractivity contribution in [2.45, 2.75) is 57.8 Å². The molecule has 0 aromatic carbocycles. The molecule has 6 heteroatoms. The molecule has 0 bridgehead atoms. The topological polar surface area (TPSA) is 87.1 Å². The molecule has 1 aliphatic rings. The van der Waals surface area contributed by atoms with E-state index in [1.165, 1.54) is 4.90 Å². The first-order chi connectivity index (χ1) is 8.18. The normalized spacial score (nSPS) is 26.2. The number of cyclic esters (lactones) is 1. The Kier molecular flexibility index (Phi) is 4.21.